The van der Waals surface area contributed by atoms with E-state index in [2.05, 4.69) is 0 Å². The van der Waals surface area contributed by atoms with Crippen LogP contribution >= 0.6 is 0 Å². The summed E-state index contributed by atoms with van der Waals surface area (Å²) in [5.74, 6) is -0.395. The zero-order chi connectivity index (χ0) is 13.2. The summed E-state index contributed by atoms with van der Waals surface area (Å²) in [5, 5.41) is 0. The summed E-state index contributed by atoms with van der Waals surface area (Å²) in [6.07, 6.45) is 0. The van der Waals surface area contributed by atoms with Gasteiger partial charge in [0.2, 0.25) is 0 Å². The molecule has 0 spiro atoms. The first-order valence-electron chi connectivity index (χ1n) is 5.36. The molecule has 1 rings (SSSR count). The molecule has 0 atom stereocenters. The highest BCUT2D eigenvalue weighted by Crippen LogP contribution is 2.23. The fraction of sp³-hybridized carbons (Fsp3) is 0.462. The molecule has 0 fully saturated rings. The van der Waals surface area contributed by atoms with E-state index in [1.165, 1.54) is 19.2 Å². The van der Waals surface area contributed by atoms with Gasteiger partial charge in [0.15, 0.2) is 5.78 Å². The topological polar surface area (TPSA) is 29.5 Å². The lowest BCUT2D eigenvalue weighted by atomic mass is 9.92. The maximum Gasteiger partial charge on any atom is 0.185 e. The Hall–Kier alpha value is -1.42. The Kier molecular flexibility index (Phi) is 3.88. The average molecular weight is 239 g/mol. The van der Waals surface area contributed by atoms with E-state index in [4.69, 9.17) is 4.74 Å². The molecule has 0 aliphatic rings. The first kappa shape index (κ1) is 13.6. The van der Waals surface area contributed by atoms with Crippen molar-refractivity contribution in [3.05, 3.63) is 29.6 Å². The molecule has 3 nitrogen and oxygen atoms in total. The molecular formula is C13H18FNO2. The number of hydrogen-bond acceptors (Lipinski definition) is 3. The lowest BCUT2D eigenvalue weighted by Crippen LogP contribution is -2.46. The molecule has 1 aromatic carbocycles. The van der Waals surface area contributed by atoms with Crippen molar-refractivity contribution in [3.8, 4) is 5.75 Å². The number of ketones is 1. The van der Waals surface area contributed by atoms with E-state index < -0.39 is 11.4 Å². The highest BCUT2D eigenvalue weighted by Gasteiger charge is 2.32. The average Bonchev–Trinajstić information content (AvgIpc) is 2.27. The largest absolute Gasteiger partial charge is 0.497 e. The number of rotatable bonds is 4. The fourth-order valence-electron chi connectivity index (χ4n) is 1.34. The first-order valence-corrected chi connectivity index (χ1v) is 5.36. The summed E-state index contributed by atoms with van der Waals surface area (Å²) >= 11 is 0. The molecule has 0 amide bonds. The van der Waals surface area contributed by atoms with Crippen LogP contribution in [-0.2, 0) is 0 Å². The van der Waals surface area contributed by atoms with Crippen molar-refractivity contribution < 1.29 is 13.9 Å². The van der Waals surface area contributed by atoms with Gasteiger partial charge in [-0.25, -0.2) is 4.39 Å². The zero-order valence-corrected chi connectivity index (χ0v) is 10.9. The number of hydrogen-bond donors (Lipinski definition) is 0. The fourth-order valence-corrected chi connectivity index (χ4v) is 1.34. The minimum absolute atomic E-state index is 0.0875. The molecule has 17 heavy (non-hydrogen) atoms. The minimum Gasteiger partial charge on any atom is -0.497 e. The third kappa shape index (κ3) is 2.64. The number of benzene rings is 1. The lowest BCUT2D eigenvalue weighted by molar-refractivity contribution is 0.0751. The standard InChI is InChI=1S/C13H18FNO2/c1-13(2,15(3)4)12(16)10-7-6-9(17-5)8-11(10)14/h6-8H,1-5H3. The minimum atomic E-state index is -0.741. The Morgan fingerprint density at radius 1 is 1.35 bits per heavy atom. The number of carbonyl (C=O) groups is 1. The smallest absolute Gasteiger partial charge is 0.185 e. The number of Topliss-reactive ketones (excluding diaryl/α,β-unsaturated/α-hetero) is 1. The van der Waals surface area contributed by atoms with E-state index in [-0.39, 0.29) is 11.3 Å². The SMILES string of the molecule is COc1ccc(C(=O)C(C)(C)N(C)C)c(F)c1. The van der Waals surface area contributed by atoms with Gasteiger partial charge in [0.1, 0.15) is 11.6 Å². The molecule has 0 heterocycles. The second-order valence-corrected chi connectivity index (χ2v) is 4.63. The van der Waals surface area contributed by atoms with E-state index >= 15 is 0 Å². The lowest BCUT2D eigenvalue weighted by Gasteiger charge is -2.31. The van der Waals surface area contributed by atoms with E-state index in [0.29, 0.717) is 5.75 Å². The van der Waals surface area contributed by atoms with Crippen LogP contribution < -0.4 is 4.74 Å². The second-order valence-electron chi connectivity index (χ2n) is 4.63. The van der Waals surface area contributed by atoms with Crippen LogP contribution in [0.3, 0.4) is 0 Å². The van der Waals surface area contributed by atoms with Gasteiger partial charge in [0.25, 0.3) is 0 Å². The third-order valence-corrected chi connectivity index (χ3v) is 3.09. The van der Waals surface area contributed by atoms with Crippen LogP contribution in [-0.4, -0.2) is 37.4 Å². The Balaban J connectivity index is 3.13. The highest BCUT2D eigenvalue weighted by molar-refractivity contribution is 6.02. The van der Waals surface area contributed by atoms with Crippen molar-refractivity contribution in [1.29, 1.82) is 0 Å². The van der Waals surface area contributed by atoms with Crippen LogP contribution in [0.25, 0.3) is 0 Å². The maximum atomic E-state index is 13.8. The van der Waals surface area contributed by atoms with Crippen molar-refractivity contribution in [1.82, 2.24) is 4.90 Å². The Labute approximate surface area is 101 Å². The summed E-state index contributed by atoms with van der Waals surface area (Å²) in [4.78, 5) is 14.0. The van der Waals surface area contributed by atoms with Gasteiger partial charge in [0.05, 0.1) is 18.2 Å². The van der Waals surface area contributed by atoms with Crippen LogP contribution in [0.5, 0.6) is 5.75 Å². The molecule has 0 aliphatic heterocycles. The quantitative estimate of drug-likeness (QED) is 0.755. The summed E-state index contributed by atoms with van der Waals surface area (Å²) in [5.41, 5.74) is -0.653. The van der Waals surface area contributed by atoms with Crippen LogP contribution in [0.1, 0.15) is 24.2 Å². The molecule has 0 saturated heterocycles. The van der Waals surface area contributed by atoms with E-state index in [1.54, 1.807) is 38.9 Å². The van der Waals surface area contributed by atoms with Gasteiger partial charge in [0, 0.05) is 6.07 Å². The van der Waals surface area contributed by atoms with Crippen LogP contribution in [0.2, 0.25) is 0 Å². The van der Waals surface area contributed by atoms with Crippen molar-refractivity contribution in [2.75, 3.05) is 21.2 Å². The van der Waals surface area contributed by atoms with Crippen molar-refractivity contribution in [3.63, 3.8) is 0 Å². The first-order chi connectivity index (χ1) is 7.80. The van der Waals surface area contributed by atoms with Crippen LogP contribution in [0, 0.1) is 5.82 Å². The summed E-state index contributed by atoms with van der Waals surface area (Å²) in [6, 6.07) is 4.27. The van der Waals surface area contributed by atoms with Gasteiger partial charge < -0.3 is 4.74 Å². The molecule has 0 radical (unpaired) electrons. The summed E-state index contributed by atoms with van der Waals surface area (Å²) < 4.78 is 18.7. The Morgan fingerprint density at radius 2 is 1.94 bits per heavy atom. The van der Waals surface area contributed by atoms with Gasteiger partial charge in [-0.2, -0.15) is 0 Å². The normalized spacial score (nSPS) is 11.7. The number of carbonyl (C=O) groups excluding carboxylic acids is 1. The summed E-state index contributed by atoms with van der Waals surface area (Å²) in [7, 11) is 5.04. The molecule has 0 N–H and O–H groups in total. The molecular weight excluding hydrogens is 221 g/mol. The number of ether oxygens (including phenoxy) is 1. The molecule has 94 valence electrons. The van der Waals surface area contributed by atoms with Crippen molar-refractivity contribution in [2.45, 2.75) is 19.4 Å². The molecule has 0 aliphatic carbocycles. The third-order valence-electron chi connectivity index (χ3n) is 3.09. The van der Waals surface area contributed by atoms with Crippen molar-refractivity contribution in [2.24, 2.45) is 0 Å². The molecule has 0 saturated carbocycles. The Morgan fingerprint density at radius 3 is 2.35 bits per heavy atom. The monoisotopic (exact) mass is 239 g/mol. The van der Waals surface area contributed by atoms with Gasteiger partial charge in [-0.05, 0) is 40.1 Å². The van der Waals surface area contributed by atoms with Gasteiger partial charge >= 0.3 is 0 Å². The van der Waals surface area contributed by atoms with Crippen LogP contribution in [0.15, 0.2) is 18.2 Å². The molecule has 0 aromatic heterocycles. The van der Waals surface area contributed by atoms with E-state index in [1.807, 2.05) is 0 Å². The summed E-state index contributed by atoms with van der Waals surface area (Å²) in [6.45, 7) is 3.53. The molecule has 1 aromatic rings. The number of methoxy groups -OCH3 is 1. The van der Waals surface area contributed by atoms with Crippen LogP contribution in [0.4, 0.5) is 4.39 Å². The van der Waals surface area contributed by atoms with Gasteiger partial charge in [-0.3, -0.25) is 9.69 Å². The van der Waals surface area contributed by atoms with Crippen molar-refractivity contribution >= 4 is 5.78 Å². The maximum absolute atomic E-state index is 13.8. The predicted molar refractivity (Wildman–Crippen MR) is 65.0 cm³/mol. The molecule has 0 unspecified atom stereocenters. The Bertz CT molecular complexity index is 427. The highest BCUT2D eigenvalue weighted by atomic mass is 19.1. The van der Waals surface area contributed by atoms with E-state index in [0.717, 1.165) is 0 Å². The molecule has 4 heteroatoms. The number of nitrogens with zero attached hydrogens (tertiary/aromatic N) is 1. The second kappa shape index (κ2) is 4.84. The van der Waals surface area contributed by atoms with Gasteiger partial charge in [-0.1, -0.05) is 0 Å². The zero-order valence-electron chi connectivity index (χ0n) is 10.9. The van der Waals surface area contributed by atoms with Gasteiger partial charge in [-0.15, -0.1) is 0 Å². The number of likely N-dealkylation sites (N-methyl/N-ethyl adjacent to an activating group) is 1. The number of halogens is 1. The van der Waals surface area contributed by atoms with E-state index in [9.17, 15) is 9.18 Å². The predicted octanol–water partition coefficient (Wildman–Crippen LogP) is 2.36. The molecule has 0 bridgehead atoms.